The highest BCUT2D eigenvalue weighted by atomic mass is 32.2. The molecule has 0 aromatic heterocycles. The van der Waals surface area contributed by atoms with Crippen molar-refractivity contribution >= 4 is 10.0 Å². The van der Waals surface area contributed by atoms with Gasteiger partial charge in [-0.3, -0.25) is 0 Å². The predicted molar refractivity (Wildman–Crippen MR) is 66.9 cm³/mol. The molecule has 0 radical (unpaired) electrons. The largest absolute Gasteiger partial charge is 0.313 e. The standard InChI is InChI=1S/C11H24N2O2S/c1-10-5-4-6-11(9-10)12-7-8-16(14,15)13(2)3/h10-12H,4-9H2,1-3H3. The van der Waals surface area contributed by atoms with Gasteiger partial charge in [0, 0.05) is 26.7 Å². The fraction of sp³-hybridized carbons (Fsp3) is 1.00. The van der Waals surface area contributed by atoms with Gasteiger partial charge in [0.2, 0.25) is 10.0 Å². The van der Waals surface area contributed by atoms with Crippen molar-refractivity contribution in [2.24, 2.45) is 5.92 Å². The third-order valence-corrected chi connectivity index (χ3v) is 5.12. The van der Waals surface area contributed by atoms with Gasteiger partial charge in [0.15, 0.2) is 0 Å². The zero-order chi connectivity index (χ0) is 12.2. The average Bonchev–Trinajstić information content (AvgIpc) is 2.17. The zero-order valence-electron chi connectivity index (χ0n) is 10.6. The Labute approximate surface area is 99.5 Å². The lowest BCUT2D eigenvalue weighted by atomic mass is 9.87. The molecule has 0 aromatic rings. The van der Waals surface area contributed by atoms with Crippen molar-refractivity contribution in [2.75, 3.05) is 26.4 Å². The van der Waals surface area contributed by atoms with E-state index in [0.717, 1.165) is 5.92 Å². The topological polar surface area (TPSA) is 49.4 Å². The summed E-state index contributed by atoms with van der Waals surface area (Å²) in [5, 5.41) is 3.36. The van der Waals surface area contributed by atoms with Crippen molar-refractivity contribution < 1.29 is 8.42 Å². The molecule has 5 heteroatoms. The van der Waals surface area contributed by atoms with Gasteiger partial charge in [-0.1, -0.05) is 19.8 Å². The van der Waals surface area contributed by atoms with Crippen LogP contribution in [0.2, 0.25) is 0 Å². The van der Waals surface area contributed by atoms with Crippen LogP contribution in [0, 0.1) is 5.92 Å². The van der Waals surface area contributed by atoms with E-state index >= 15 is 0 Å². The lowest BCUT2D eigenvalue weighted by Gasteiger charge is -2.27. The van der Waals surface area contributed by atoms with Crippen molar-refractivity contribution in [3.05, 3.63) is 0 Å². The summed E-state index contributed by atoms with van der Waals surface area (Å²) in [6.45, 7) is 2.84. The maximum atomic E-state index is 11.5. The van der Waals surface area contributed by atoms with Crippen molar-refractivity contribution in [2.45, 2.75) is 38.6 Å². The van der Waals surface area contributed by atoms with Crippen LogP contribution in [0.1, 0.15) is 32.6 Å². The molecule has 0 amide bonds. The van der Waals surface area contributed by atoms with E-state index in [1.165, 1.54) is 30.0 Å². The molecule has 1 saturated carbocycles. The molecule has 0 heterocycles. The molecule has 1 N–H and O–H groups in total. The Balaban J connectivity index is 2.25. The summed E-state index contributed by atoms with van der Waals surface area (Å²) in [7, 11) is 0.121. The molecule has 2 unspecified atom stereocenters. The molecule has 1 aliphatic rings. The number of hydrogen-bond acceptors (Lipinski definition) is 3. The van der Waals surface area contributed by atoms with Crippen molar-refractivity contribution in [1.82, 2.24) is 9.62 Å². The highest BCUT2D eigenvalue weighted by Crippen LogP contribution is 2.23. The van der Waals surface area contributed by atoms with E-state index < -0.39 is 10.0 Å². The number of nitrogens with one attached hydrogen (secondary N) is 1. The summed E-state index contributed by atoms with van der Waals surface area (Å²) < 4.78 is 24.3. The Morgan fingerprint density at radius 2 is 2.00 bits per heavy atom. The minimum absolute atomic E-state index is 0.199. The summed E-state index contributed by atoms with van der Waals surface area (Å²) in [6.07, 6.45) is 4.95. The monoisotopic (exact) mass is 248 g/mol. The van der Waals surface area contributed by atoms with Gasteiger partial charge in [-0.25, -0.2) is 12.7 Å². The number of rotatable bonds is 5. The van der Waals surface area contributed by atoms with Crippen LogP contribution < -0.4 is 5.32 Å². The zero-order valence-corrected chi connectivity index (χ0v) is 11.4. The highest BCUT2D eigenvalue weighted by molar-refractivity contribution is 7.89. The van der Waals surface area contributed by atoms with Gasteiger partial charge in [-0.15, -0.1) is 0 Å². The fourth-order valence-corrected chi connectivity index (χ4v) is 2.94. The molecule has 4 nitrogen and oxygen atoms in total. The first-order valence-electron chi connectivity index (χ1n) is 6.05. The maximum Gasteiger partial charge on any atom is 0.214 e. The van der Waals surface area contributed by atoms with Gasteiger partial charge in [-0.2, -0.15) is 0 Å². The SMILES string of the molecule is CC1CCCC(NCCS(=O)(=O)N(C)C)C1. The van der Waals surface area contributed by atoms with E-state index in [-0.39, 0.29) is 5.75 Å². The first-order valence-corrected chi connectivity index (χ1v) is 7.66. The van der Waals surface area contributed by atoms with Crippen LogP contribution in [0.4, 0.5) is 0 Å². The van der Waals surface area contributed by atoms with Crippen LogP contribution in [0.3, 0.4) is 0 Å². The van der Waals surface area contributed by atoms with Crippen LogP contribution in [-0.4, -0.2) is 45.2 Å². The summed E-state index contributed by atoms with van der Waals surface area (Å²) in [5.74, 6) is 0.974. The van der Waals surface area contributed by atoms with Crippen molar-refractivity contribution in [1.29, 1.82) is 0 Å². The second-order valence-corrected chi connectivity index (χ2v) is 7.32. The first-order chi connectivity index (χ1) is 7.42. The normalized spacial score (nSPS) is 27.2. The third kappa shape index (κ3) is 4.39. The predicted octanol–water partition coefficient (Wildman–Crippen LogP) is 1.05. The maximum absolute atomic E-state index is 11.5. The Kier molecular flexibility index (Phi) is 5.21. The molecule has 0 aromatic carbocycles. The summed E-state index contributed by atoms with van der Waals surface area (Å²) >= 11 is 0. The molecular weight excluding hydrogens is 224 g/mol. The number of nitrogens with zero attached hydrogens (tertiary/aromatic N) is 1. The Morgan fingerprint density at radius 1 is 1.31 bits per heavy atom. The summed E-state index contributed by atoms with van der Waals surface area (Å²) in [6, 6.07) is 0.515. The molecule has 2 atom stereocenters. The van der Waals surface area contributed by atoms with Crippen LogP contribution in [0.15, 0.2) is 0 Å². The molecule has 0 spiro atoms. The van der Waals surface area contributed by atoms with Crippen LogP contribution >= 0.6 is 0 Å². The average molecular weight is 248 g/mol. The van der Waals surface area contributed by atoms with Crippen molar-refractivity contribution in [3.8, 4) is 0 Å². The molecule has 16 heavy (non-hydrogen) atoms. The van der Waals surface area contributed by atoms with Crippen LogP contribution in [0.25, 0.3) is 0 Å². The van der Waals surface area contributed by atoms with Gasteiger partial charge in [-0.05, 0) is 18.8 Å². The van der Waals surface area contributed by atoms with Crippen LogP contribution in [0.5, 0.6) is 0 Å². The lowest BCUT2D eigenvalue weighted by Crippen LogP contribution is -2.38. The molecule has 0 saturated heterocycles. The van der Waals surface area contributed by atoms with E-state index in [4.69, 9.17) is 0 Å². The Hall–Kier alpha value is -0.130. The van der Waals surface area contributed by atoms with Gasteiger partial charge < -0.3 is 5.32 Å². The van der Waals surface area contributed by atoms with Crippen molar-refractivity contribution in [3.63, 3.8) is 0 Å². The van der Waals surface area contributed by atoms with Gasteiger partial charge in [0.25, 0.3) is 0 Å². The second-order valence-electron chi connectivity index (χ2n) is 5.02. The molecule has 1 rings (SSSR count). The molecule has 0 aliphatic heterocycles. The van der Waals surface area contributed by atoms with E-state index in [2.05, 4.69) is 12.2 Å². The molecule has 0 bridgehead atoms. The van der Waals surface area contributed by atoms with E-state index in [0.29, 0.717) is 12.6 Å². The smallest absolute Gasteiger partial charge is 0.214 e. The van der Waals surface area contributed by atoms with Gasteiger partial charge in [0.1, 0.15) is 0 Å². The summed E-state index contributed by atoms with van der Waals surface area (Å²) in [5.41, 5.74) is 0. The molecular formula is C11H24N2O2S. The van der Waals surface area contributed by atoms with Crippen LogP contribution in [-0.2, 0) is 10.0 Å². The Bertz CT molecular complexity index is 301. The fourth-order valence-electron chi connectivity index (χ4n) is 2.19. The molecule has 1 fully saturated rings. The molecule has 96 valence electrons. The second kappa shape index (κ2) is 5.98. The van der Waals surface area contributed by atoms with E-state index in [1.807, 2.05) is 0 Å². The van der Waals surface area contributed by atoms with Gasteiger partial charge >= 0.3 is 0 Å². The first kappa shape index (κ1) is 13.9. The van der Waals surface area contributed by atoms with E-state index in [1.54, 1.807) is 14.1 Å². The van der Waals surface area contributed by atoms with Gasteiger partial charge in [0.05, 0.1) is 5.75 Å². The minimum atomic E-state index is -3.04. The highest BCUT2D eigenvalue weighted by Gasteiger charge is 2.19. The quantitative estimate of drug-likeness (QED) is 0.791. The number of hydrogen-bond donors (Lipinski definition) is 1. The van der Waals surface area contributed by atoms with E-state index in [9.17, 15) is 8.42 Å². The number of sulfonamides is 1. The molecule has 1 aliphatic carbocycles. The lowest BCUT2D eigenvalue weighted by molar-refractivity contribution is 0.305. The third-order valence-electron chi connectivity index (χ3n) is 3.29. The Morgan fingerprint density at radius 3 is 2.56 bits per heavy atom. The summed E-state index contributed by atoms with van der Waals surface area (Å²) in [4.78, 5) is 0. The minimum Gasteiger partial charge on any atom is -0.313 e.